The lowest BCUT2D eigenvalue weighted by Gasteiger charge is -2.16. The Morgan fingerprint density at radius 3 is 2.34 bits per heavy atom. The quantitative estimate of drug-likeness (QED) is 0.622. The number of H-pyrrole nitrogens is 1. The average Bonchev–Trinajstić information content (AvgIpc) is 3.26. The van der Waals surface area contributed by atoms with Gasteiger partial charge in [-0.2, -0.15) is 26.3 Å². The molecule has 3 N–H and O–H groups in total. The van der Waals surface area contributed by atoms with Crippen molar-refractivity contribution in [2.24, 2.45) is 0 Å². The van der Waals surface area contributed by atoms with Crippen LogP contribution in [0.3, 0.4) is 0 Å². The zero-order chi connectivity index (χ0) is 21.4. The molecule has 0 bridgehead atoms. The van der Waals surface area contributed by atoms with E-state index in [4.69, 9.17) is 0 Å². The Morgan fingerprint density at radius 1 is 1.10 bits per heavy atom. The first kappa shape index (κ1) is 21.0. The molecule has 7 nitrogen and oxygen atoms in total. The van der Waals surface area contributed by atoms with Crippen LogP contribution in [0.4, 0.5) is 47.6 Å². The maximum Gasteiger partial charge on any atom is 0.433 e. The number of hydrogen-bond acceptors (Lipinski definition) is 5. The molecule has 1 saturated heterocycles. The average molecular weight is 441 g/mol. The molecule has 158 valence electrons. The van der Waals surface area contributed by atoms with Crippen LogP contribution in [0.1, 0.15) is 24.1 Å². The van der Waals surface area contributed by atoms with Crippen LogP contribution in [0.25, 0.3) is 0 Å². The molecule has 0 atom stereocenters. The molecule has 14 heteroatoms. The number of carbonyl (C=O) groups is 1. The number of aromatic nitrogens is 2. The maximum atomic E-state index is 13.0. The normalized spacial score (nSPS) is 14.9. The first-order chi connectivity index (χ1) is 13.4. The van der Waals surface area contributed by atoms with Crippen molar-refractivity contribution < 1.29 is 31.1 Å². The summed E-state index contributed by atoms with van der Waals surface area (Å²) in [6, 6.07) is -0.325. The number of urea groups is 1. The number of aromatic amines is 1. The van der Waals surface area contributed by atoms with E-state index in [-0.39, 0.29) is 16.8 Å². The molecular weight excluding hydrogens is 428 g/mol. The highest BCUT2D eigenvalue weighted by atomic mass is 32.1. The van der Waals surface area contributed by atoms with Gasteiger partial charge >= 0.3 is 18.4 Å². The van der Waals surface area contributed by atoms with Gasteiger partial charge in [-0.15, -0.1) is 0 Å². The van der Waals surface area contributed by atoms with Crippen molar-refractivity contribution in [3.63, 3.8) is 0 Å². The van der Waals surface area contributed by atoms with E-state index < -0.39 is 41.0 Å². The summed E-state index contributed by atoms with van der Waals surface area (Å²) in [5, 5.41) is 4.41. The van der Waals surface area contributed by atoms with E-state index in [1.54, 1.807) is 0 Å². The number of alkyl halides is 6. The van der Waals surface area contributed by atoms with Crippen molar-refractivity contribution in [2.75, 3.05) is 23.7 Å². The summed E-state index contributed by atoms with van der Waals surface area (Å²) in [7, 11) is 0. The van der Waals surface area contributed by atoms with Gasteiger partial charge in [0.2, 0.25) is 0 Å². The topological polar surface area (TPSA) is 90.1 Å². The fraction of sp³-hybridized carbons (Fsp3) is 0.400. The van der Waals surface area contributed by atoms with E-state index in [0.717, 1.165) is 12.8 Å². The van der Waals surface area contributed by atoms with Crippen molar-refractivity contribution in [3.8, 4) is 0 Å². The number of pyridine rings is 1. The van der Waals surface area contributed by atoms with E-state index >= 15 is 0 Å². The lowest BCUT2D eigenvalue weighted by Crippen LogP contribution is -2.33. The molecular formula is C15H13F6N5O2S. The highest BCUT2D eigenvalue weighted by Crippen LogP contribution is 2.37. The molecule has 0 radical (unpaired) electrons. The number of halogens is 6. The number of amides is 2. The van der Waals surface area contributed by atoms with Gasteiger partial charge in [0.05, 0.1) is 5.56 Å². The summed E-state index contributed by atoms with van der Waals surface area (Å²) in [5.74, 6) is -0.779. The van der Waals surface area contributed by atoms with Gasteiger partial charge in [0.1, 0.15) is 22.2 Å². The van der Waals surface area contributed by atoms with E-state index in [1.165, 1.54) is 4.90 Å². The van der Waals surface area contributed by atoms with Gasteiger partial charge in [0.15, 0.2) is 0 Å². The number of carbonyl (C=O) groups excluding carboxylic acids is 1. The van der Waals surface area contributed by atoms with E-state index in [0.29, 0.717) is 30.7 Å². The summed E-state index contributed by atoms with van der Waals surface area (Å²) in [4.78, 5) is 28.7. The van der Waals surface area contributed by atoms with Gasteiger partial charge in [-0.25, -0.2) is 9.78 Å². The summed E-state index contributed by atoms with van der Waals surface area (Å²) < 4.78 is 79.9. The van der Waals surface area contributed by atoms with Crippen LogP contribution in [0, 0.1) is 0 Å². The molecule has 2 aromatic heterocycles. The van der Waals surface area contributed by atoms with Gasteiger partial charge in [-0.05, 0) is 36.5 Å². The second-order valence-corrected chi connectivity index (χ2v) is 6.92. The molecule has 0 unspecified atom stereocenters. The molecule has 0 aliphatic carbocycles. The van der Waals surface area contributed by atoms with Crippen LogP contribution in [0.5, 0.6) is 0 Å². The largest absolute Gasteiger partial charge is 0.433 e. The van der Waals surface area contributed by atoms with Crippen molar-refractivity contribution in [1.29, 1.82) is 0 Å². The molecule has 2 aromatic rings. The molecule has 0 spiro atoms. The van der Waals surface area contributed by atoms with Gasteiger partial charge in [0, 0.05) is 13.1 Å². The zero-order valence-corrected chi connectivity index (χ0v) is 15.2. The van der Waals surface area contributed by atoms with Gasteiger partial charge < -0.3 is 15.5 Å². The predicted molar refractivity (Wildman–Crippen MR) is 92.3 cm³/mol. The molecule has 1 fully saturated rings. The third-order valence-electron chi connectivity index (χ3n) is 4.01. The van der Waals surface area contributed by atoms with Crippen molar-refractivity contribution in [2.45, 2.75) is 25.2 Å². The second-order valence-electron chi connectivity index (χ2n) is 6.11. The van der Waals surface area contributed by atoms with E-state index in [9.17, 15) is 35.9 Å². The summed E-state index contributed by atoms with van der Waals surface area (Å²) in [5.41, 5.74) is -4.39. The van der Waals surface area contributed by atoms with Crippen LogP contribution >= 0.6 is 11.5 Å². The SMILES string of the molecule is O=C(Nc1c(Nc2cc(C(F)(F)F)cc(C(F)(F)F)n2)s[nH]c1=O)N1CCCC1. The Morgan fingerprint density at radius 2 is 1.76 bits per heavy atom. The number of hydrogen-bond donors (Lipinski definition) is 3. The third-order valence-corrected chi connectivity index (χ3v) is 4.81. The molecule has 0 saturated carbocycles. The van der Waals surface area contributed by atoms with Crippen molar-refractivity contribution in [3.05, 3.63) is 33.7 Å². The minimum Gasteiger partial charge on any atom is -0.329 e. The Balaban J connectivity index is 1.92. The number of rotatable bonds is 3. The van der Waals surface area contributed by atoms with Gasteiger partial charge in [-0.3, -0.25) is 9.17 Å². The number of nitrogens with zero attached hydrogens (tertiary/aromatic N) is 2. The van der Waals surface area contributed by atoms with Crippen molar-refractivity contribution in [1.82, 2.24) is 14.3 Å². The minimum atomic E-state index is -5.12. The number of nitrogens with one attached hydrogen (secondary N) is 3. The maximum absolute atomic E-state index is 13.0. The van der Waals surface area contributed by atoms with Gasteiger partial charge in [-0.1, -0.05) is 0 Å². The Bertz CT molecular complexity index is 929. The molecule has 2 amide bonds. The molecule has 29 heavy (non-hydrogen) atoms. The second kappa shape index (κ2) is 7.57. The predicted octanol–water partition coefficient (Wildman–Crippen LogP) is 4.24. The molecule has 3 heterocycles. The lowest BCUT2D eigenvalue weighted by atomic mass is 10.2. The summed E-state index contributed by atoms with van der Waals surface area (Å²) in [6.07, 6.45) is -8.59. The van der Waals surface area contributed by atoms with Crippen LogP contribution in [-0.2, 0) is 12.4 Å². The van der Waals surface area contributed by atoms with Crippen LogP contribution in [-0.4, -0.2) is 33.4 Å². The summed E-state index contributed by atoms with van der Waals surface area (Å²) in [6.45, 7) is 0.946. The number of likely N-dealkylation sites (tertiary alicyclic amines) is 1. The van der Waals surface area contributed by atoms with E-state index in [2.05, 4.69) is 20.0 Å². The monoisotopic (exact) mass is 441 g/mol. The van der Waals surface area contributed by atoms with Gasteiger partial charge in [0.25, 0.3) is 5.56 Å². The van der Waals surface area contributed by atoms with Crippen molar-refractivity contribution >= 4 is 34.1 Å². The smallest absolute Gasteiger partial charge is 0.329 e. The van der Waals surface area contributed by atoms with Crippen LogP contribution in [0.15, 0.2) is 16.9 Å². The highest BCUT2D eigenvalue weighted by Gasteiger charge is 2.38. The van der Waals surface area contributed by atoms with Crippen LogP contribution in [0.2, 0.25) is 0 Å². The standard InChI is InChI=1S/C15H13F6N5O2S/c16-14(17,18)7-5-8(15(19,20)21)22-9(6-7)23-12-10(11(27)25-29-12)24-13(28)26-3-1-2-4-26/h5-6H,1-4H2,(H,22,23)(H,24,28)(H,25,27). The lowest BCUT2D eigenvalue weighted by molar-refractivity contribution is -0.145. The van der Waals surface area contributed by atoms with E-state index in [1.807, 2.05) is 0 Å². The Kier molecular flexibility index (Phi) is 5.47. The first-order valence-corrected chi connectivity index (χ1v) is 8.97. The molecule has 1 aliphatic rings. The summed E-state index contributed by atoms with van der Waals surface area (Å²) >= 11 is 0.598. The number of anilines is 3. The Labute approximate surface area is 162 Å². The first-order valence-electron chi connectivity index (χ1n) is 8.16. The zero-order valence-electron chi connectivity index (χ0n) is 14.4. The molecule has 0 aromatic carbocycles. The highest BCUT2D eigenvalue weighted by molar-refractivity contribution is 7.11. The Hall–Kier alpha value is -2.77. The minimum absolute atomic E-state index is 0.110. The molecule has 1 aliphatic heterocycles. The molecule has 3 rings (SSSR count). The van der Waals surface area contributed by atoms with Crippen LogP contribution < -0.4 is 16.2 Å². The fourth-order valence-electron chi connectivity index (χ4n) is 2.63. The fourth-order valence-corrected chi connectivity index (χ4v) is 3.33. The third kappa shape index (κ3) is 4.81.